The molecule has 0 aliphatic carbocycles. The largest absolute Gasteiger partial charge is 0.353 e. The van der Waals surface area contributed by atoms with E-state index in [1.54, 1.807) is 12.2 Å². The summed E-state index contributed by atoms with van der Waals surface area (Å²) >= 11 is 5.80. The fraction of sp³-hybridized carbons (Fsp3) is 0.471. The molecule has 20 heavy (non-hydrogen) atoms. The van der Waals surface area contributed by atoms with Gasteiger partial charge in [0.2, 0.25) is 5.91 Å². The molecule has 3 heteroatoms. The molecule has 0 saturated heterocycles. The lowest BCUT2D eigenvalue weighted by Gasteiger charge is -2.02. The maximum absolute atomic E-state index is 11.6. The van der Waals surface area contributed by atoms with Gasteiger partial charge in [-0.25, -0.2) is 0 Å². The summed E-state index contributed by atoms with van der Waals surface area (Å²) in [5.41, 5.74) is 0.976. The molecule has 0 spiro atoms. The average molecular weight is 294 g/mol. The fourth-order valence-corrected chi connectivity index (χ4v) is 2.05. The molecule has 1 rings (SSSR count). The summed E-state index contributed by atoms with van der Waals surface area (Å²) in [6, 6.07) is 7.41. The summed E-state index contributed by atoms with van der Waals surface area (Å²) in [4.78, 5) is 11.6. The SMILES string of the molecule is CCCCCCCCNC(=O)C=Cc1ccc(Cl)cc1. The van der Waals surface area contributed by atoms with E-state index in [9.17, 15) is 4.79 Å². The van der Waals surface area contributed by atoms with Gasteiger partial charge in [0.1, 0.15) is 0 Å². The Bertz CT molecular complexity index is 412. The van der Waals surface area contributed by atoms with Crippen LogP contribution in [-0.4, -0.2) is 12.5 Å². The van der Waals surface area contributed by atoms with E-state index in [2.05, 4.69) is 12.2 Å². The van der Waals surface area contributed by atoms with Gasteiger partial charge in [0.05, 0.1) is 0 Å². The number of nitrogens with one attached hydrogen (secondary N) is 1. The van der Waals surface area contributed by atoms with Crippen LogP contribution in [0.2, 0.25) is 5.02 Å². The number of benzene rings is 1. The van der Waals surface area contributed by atoms with Crippen LogP contribution in [0, 0.1) is 0 Å². The molecule has 0 atom stereocenters. The number of carbonyl (C=O) groups is 1. The maximum atomic E-state index is 11.6. The summed E-state index contributed by atoms with van der Waals surface area (Å²) in [5.74, 6) is -0.0338. The molecule has 0 radical (unpaired) electrons. The third kappa shape index (κ3) is 8.00. The fourth-order valence-electron chi connectivity index (χ4n) is 1.92. The predicted molar refractivity (Wildman–Crippen MR) is 86.9 cm³/mol. The van der Waals surface area contributed by atoms with Crippen LogP contribution in [0.25, 0.3) is 6.08 Å². The Morgan fingerprint density at radius 1 is 1.10 bits per heavy atom. The molecule has 0 aliphatic heterocycles. The van der Waals surface area contributed by atoms with Gasteiger partial charge in [-0.05, 0) is 30.2 Å². The van der Waals surface area contributed by atoms with Crippen LogP contribution < -0.4 is 5.32 Å². The predicted octanol–water partition coefficient (Wildman–Crippen LogP) is 4.83. The van der Waals surface area contributed by atoms with Crippen molar-refractivity contribution in [1.82, 2.24) is 5.32 Å². The van der Waals surface area contributed by atoms with Crippen molar-refractivity contribution in [3.05, 3.63) is 40.9 Å². The lowest BCUT2D eigenvalue weighted by atomic mass is 10.1. The highest BCUT2D eigenvalue weighted by Gasteiger charge is 1.95. The first-order chi connectivity index (χ1) is 9.72. The minimum atomic E-state index is -0.0338. The molecule has 0 aliphatic rings. The topological polar surface area (TPSA) is 29.1 Å². The standard InChI is InChI=1S/C17H24ClNO/c1-2-3-4-5-6-7-14-19-17(20)13-10-15-8-11-16(18)12-9-15/h8-13H,2-7,14H2,1H3,(H,19,20). The van der Waals surface area contributed by atoms with E-state index in [0.29, 0.717) is 5.02 Å². The van der Waals surface area contributed by atoms with E-state index >= 15 is 0 Å². The first kappa shape index (κ1) is 16.8. The first-order valence-electron chi connectivity index (χ1n) is 7.44. The molecule has 0 unspecified atom stereocenters. The molecule has 0 heterocycles. The van der Waals surface area contributed by atoms with E-state index in [4.69, 9.17) is 11.6 Å². The maximum Gasteiger partial charge on any atom is 0.243 e. The smallest absolute Gasteiger partial charge is 0.243 e. The summed E-state index contributed by atoms with van der Waals surface area (Å²) in [6.45, 7) is 2.98. The Morgan fingerprint density at radius 2 is 1.75 bits per heavy atom. The van der Waals surface area contributed by atoms with Crippen molar-refractivity contribution < 1.29 is 4.79 Å². The van der Waals surface area contributed by atoms with Crippen molar-refractivity contribution in [2.45, 2.75) is 45.4 Å². The molecule has 0 bridgehead atoms. The number of rotatable bonds is 9. The van der Waals surface area contributed by atoms with E-state index in [1.165, 1.54) is 32.1 Å². The van der Waals surface area contributed by atoms with Gasteiger partial charge in [-0.1, -0.05) is 62.8 Å². The minimum absolute atomic E-state index is 0.0338. The molecule has 1 N–H and O–H groups in total. The van der Waals surface area contributed by atoms with Gasteiger partial charge in [0, 0.05) is 17.6 Å². The third-order valence-electron chi connectivity index (χ3n) is 3.13. The summed E-state index contributed by atoms with van der Waals surface area (Å²) < 4.78 is 0. The Balaban J connectivity index is 2.12. The van der Waals surface area contributed by atoms with Gasteiger partial charge >= 0.3 is 0 Å². The van der Waals surface area contributed by atoms with Gasteiger partial charge in [-0.3, -0.25) is 4.79 Å². The quantitative estimate of drug-likeness (QED) is 0.513. The highest BCUT2D eigenvalue weighted by atomic mass is 35.5. The van der Waals surface area contributed by atoms with Crippen LogP contribution in [0.5, 0.6) is 0 Å². The van der Waals surface area contributed by atoms with Crippen LogP contribution in [0.3, 0.4) is 0 Å². The molecule has 1 aromatic rings. The number of unbranched alkanes of at least 4 members (excludes halogenated alkanes) is 5. The van der Waals surface area contributed by atoms with Gasteiger partial charge < -0.3 is 5.32 Å². The Labute approximate surface area is 127 Å². The van der Waals surface area contributed by atoms with Gasteiger partial charge in [0.25, 0.3) is 0 Å². The molecule has 110 valence electrons. The molecule has 0 saturated carbocycles. The van der Waals surface area contributed by atoms with Crippen molar-refractivity contribution in [3.8, 4) is 0 Å². The summed E-state index contributed by atoms with van der Waals surface area (Å²) in [5, 5.41) is 3.61. The van der Waals surface area contributed by atoms with Crippen LogP contribution in [0.15, 0.2) is 30.3 Å². The first-order valence-corrected chi connectivity index (χ1v) is 7.81. The van der Waals surface area contributed by atoms with Crippen molar-refractivity contribution in [3.63, 3.8) is 0 Å². The number of carbonyl (C=O) groups excluding carboxylic acids is 1. The highest BCUT2D eigenvalue weighted by molar-refractivity contribution is 6.30. The summed E-state index contributed by atoms with van der Waals surface area (Å²) in [7, 11) is 0. The van der Waals surface area contributed by atoms with Gasteiger partial charge in [-0.2, -0.15) is 0 Å². The van der Waals surface area contributed by atoms with Gasteiger partial charge in [-0.15, -0.1) is 0 Å². The molecule has 1 aromatic carbocycles. The molecular weight excluding hydrogens is 270 g/mol. The Hall–Kier alpha value is -1.28. The second kappa shape index (κ2) is 10.5. The van der Waals surface area contributed by atoms with E-state index in [0.717, 1.165) is 18.5 Å². The molecular formula is C17H24ClNO. The number of hydrogen-bond acceptors (Lipinski definition) is 1. The van der Waals surface area contributed by atoms with E-state index in [1.807, 2.05) is 24.3 Å². The van der Waals surface area contributed by atoms with Crippen LogP contribution >= 0.6 is 11.6 Å². The zero-order valence-electron chi connectivity index (χ0n) is 12.2. The molecule has 0 fully saturated rings. The zero-order chi connectivity index (χ0) is 14.6. The molecule has 0 aromatic heterocycles. The van der Waals surface area contributed by atoms with Gasteiger partial charge in [0.15, 0.2) is 0 Å². The number of amides is 1. The van der Waals surface area contributed by atoms with Crippen LogP contribution in [-0.2, 0) is 4.79 Å². The Kier molecular flexibility index (Phi) is 8.81. The summed E-state index contributed by atoms with van der Waals surface area (Å²) in [6.07, 6.45) is 10.8. The second-order valence-electron chi connectivity index (χ2n) is 4.94. The number of halogens is 1. The monoisotopic (exact) mass is 293 g/mol. The second-order valence-corrected chi connectivity index (χ2v) is 5.38. The lowest BCUT2D eigenvalue weighted by molar-refractivity contribution is -0.116. The van der Waals surface area contributed by atoms with Crippen LogP contribution in [0.1, 0.15) is 51.0 Å². The molecule has 1 amide bonds. The van der Waals surface area contributed by atoms with Crippen molar-refractivity contribution >= 4 is 23.6 Å². The van der Waals surface area contributed by atoms with E-state index in [-0.39, 0.29) is 5.91 Å². The highest BCUT2D eigenvalue weighted by Crippen LogP contribution is 2.10. The lowest BCUT2D eigenvalue weighted by Crippen LogP contribution is -2.21. The van der Waals surface area contributed by atoms with Crippen LogP contribution in [0.4, 0.5) is 0 Å². The van der Waals surface area contributed by atoms with Crippen molar-refractivity contribution in [2.75, 3.05) is 6.54 Å². The minimum Gasteiger partial charge on any atom is -0.353 e. The normalized spacial score (nSPS) is 10.9. The van der Waals surface area contributed by atoms with Crippen molar-refractivity contribution in [2.24, 2.45) is 0 Å². The number of hydrogen-bond donors (Lipinski definition) is 1. The zero-order valence-corrected chi connectivity index (χ0v) is 13.0. The Morgan fingerprint density at radius 3 is 2.45 bits per heavy atom. The third-order valence-corrected chi connectivity index (χ3v) is 3.38. The van der Waals surface area contributed by atoms with E-state index < -0.39 is 0 Å². The van der Waals surface area contributed by atoms with Crippen molar-refractivity contribution in [1.29, 1.82) is 0 Å². The average Bonchev–Trinajstić information content (AvgIpc) is 2.46. The molecule has 2 nitrogen and oxygen atoms in total.